The van der Waals surface area contributed by atoms with E-state index in [1.807, 2.05) is 39.0 Å². The number of carbonyl (C=O) groups is 1. The van der Waals surface area contributed by atoms with Crippen LogP contribution >= 0.6 is 31.2 Å². The van der Waals surface area contributed by atoms with Gasteiger partial charge in [-0.3, -0.25) is 10.1 Å². The summed E-state index contributed by atoms with van der Waals surface area (Å²) in [6, 6.07) is 31.9. The number of ether oxygens (including phenoxy) is 1. The fraction of sp³-hybridized carbons (Fsp3) is 0.276. The van der Waals surface area contributed by atoms with Crippen LogP contribution in [0.3, 0.4) is 0 Å². The van der Waals surface area contributed by atoms with E-state index in [0.717, 1.165) is 18.5 Å². The van der Waals surface area contributed by atoms with E-state index in [0.29, 0.717) is 13.2 Å². The Morgan fingerprint density at radius 3 is 1.57 bits per heavy atom. The van der Waals surface area contributed by atoms with E-state index in [-0.39, 0.29) is 29.9 Å². The molecule has 0 atom stereocenters. The van der Waals surface area contributed by atoms with E-state index in [1.54, 1.807) is 0 Å². The Hall–Kier alpha value is -2.21. The normalized spacial score (nSPS) is 14.7. The number of halogens is 1. The summed E-state index contributed by atoms with van der Waals surface area (Å²) in [6.45, 7) is 8.85. The molecule has 4 nitrogen and oxygen atoms in total. The largest absolute Gasteiger partial charge is 0.378 e. The first-order valence-electron chi connectivity index (χ1n) is 11.8. The second-order valence-corrected chi connectivity index (χ2v) is 12.9. The molecule has 35 heavy (non-hydrogen) atoms. The van der Waals surface area contributed by atoms with Crippen LogP contribution in [0.2, 0.25) is 0 Å². The van der Waals surface area contributed by atoms with Gasteiger partial charge in [0.15, 0.2) is 12.7 Å². The summed E-state index contributed by atoms with van der Waals surface area (Å²) in [5.41, 5.74) is 0.432. The van der Waals surface area contributed by atoms with Crippen molar-refractivity contribution >= 4 is 53.1 Å². The second kappa shape index (κ2) is 12.2. The van der Waals surface area contributed by atoms with Crippen LogP contribution in [0, 0.1) is 5.41 Å². The summed E-state index contributed by atoms with van der Waals surface area (Å²) < 4.78 is 5.61. The van der Waals surface area contributed by atoms with Gasteiger partial charge in [-0.2, -0.15) is 0 Å². The van der Waals surface area contributed by atoms with Gasteiger partial charge in [-0.1, -0.05) is 75.4 Å². The molecule has 1 fully saturated rings. The van der Waals surface area contributed by atoms with Crippen LogP contribution < -0.4 is 21.2 Å². The van der Waals surface area contributed by atoms with E-state index in [4.69, 9.17) is 4.74 Å². The molecule has 1 amide bonds. The van der Waals surface area contributed by atoms with Gasteiger partial charge in [0.25, 0.3) is 0 Å². The summed E-state index contributed by atoms with van der Waals surface area (Å²) in [5, 5.41) is 7.06. The fourth-order valence-electron chi connectivity index (χ4n) is 4.21. The van der Waals surface area contributed by atoms with Gasteiger partial charge >= 0.3 is 0 Å². The lowest BCUT2D eigenvalue weighted by Crippen LogP contribution is -2.43. The van der Waals surface area contributed by atoms with Gasteiger partial charge in [0.05, 0.1) is 19.4 Å². The highest BCUT2D eigenvalue weighted by atomic mass is 127. The number of rotatable bonds is 6. The maximum atomic E-state index is 13.5. The van der Waals surface area contributed by atoms with Crippen molar-refractivity contribution < 1.29 is 9.53 Å². The molecule has 0 spiro atoms. The molecule has 0 radical (unpaired) electrons. The monoisotopic (exact) mass is 601 g/mol. The molecule has 1 heterocycles. The first kappa shape index (κ1) is 27.4. The summed E-state index contributed by atoms with van der Waals surface area (Å²) in [4.78, 5) is 15.8. The van der Waals surface area contributed by atoms with Crippen molar-refractivity contribution in [3.63, 3.8) is 0 Å². The molecule has 1 aliphatic rings. The molecule has 1 aliphatic heterocycles. The van der Waals surface area contributed by atoms with E-state index in [2.05, 4.69) is 89.2 Å². The average molecular weight is 601 g/mol. The Balaban J connectivity index is 0.00000342. The number of nitrogens with zero attached hydrogens (tertiary/aromatic N) is 1. The van der Waals surface area contributed by atoms with E-state index in [1.165, 1.54) is 15.9 Å². The minimum atomic E-state index is -2.41. The van der Waals surface area contributed by atoms with Crippen LogP contribution in [0.5, 0.6) is 0 Å². The standard InChI is InChI=1S/C29H33N2O2P.HI/c1-29(2,3)28(32)30-27(23-31-19-21-33-22-20-31)34(24-13-7-4-8-14-24,25-15-9-5-10-16-25)26-17-11-6-12-18-26;/h4-18,23H,19-22H2,1-3H3;1H/p+1/b27-23+;. The Labute approximate surface area is 227 Å². The van der Waals surface area contributed by atoms with Crippen molar-refractivity contribution in [1.29, 1.82) is 0 Å². The Bertz CT molecular complexity index is 1010. The lowest BCUT2D eigenvalue weighted by molar-refractivity contribution is -0.127. The minimum Gasteiger partial charge on any atom is -0.378 e. The number of morpholine rings is 1. The fourth-order valence-corrected chi connectivity index (χ4v) is 8.40. The molecular formula is C29H35IN2O2P+. The molecule has 1 N–H and O–H groups in total. The Kier molecular flexibility index (Phi) is 9.51. The first-order valence-corrected chi connectivity index (χ1v) is 13.6. The van der Waals surface area contributed by atoms with Crippen molar-refractivity contribution in [1.82, 2.24) is 10.2 Å². The van der Waals surface area contributed by atoms with Gasteiger partial charge in [-0.25, -0.2) is 0 Å². The zero-order valence-corrected chi connectivity index (χ0v) is 23.9. The Morgan fingerprint density at radius 2 is 1.20 bits per heavy atom. The molecular weight excluding hydrogens is 566 g/mol. The van der Waals surface area contributed by atoms with Crippen LogP contribution in [0.15, 0.2) is 103 Å². The van der Waals surface area contributed by atoms with Crippen LogP contribution in [0.4, 0.5) is 0 Å². The SMILES string of the molecule is CC(C)(C)C(=O)N/C(=C\N1CCOCC1)[P+](c1ccccc1)(c1ccccc1)c1ccccc1.I. The summed E-state index contributed by atoms with van der Waals surface area (Å²) in [7, 11) is -2.41. The molecule has 6 heteroatoms. The predicted octanol–water partition coefficient (Wildman–Crippen LogP) is 4.89. The lowest BCUT2D eigenvalue weighted by Gasteiger charge is -2.33. The number of hydrogen-bond acceptors (Lipinski definition) is 3. The number of amides is 1. The number of nitrogens with one attached hydrogen (secondary N) is 1. The van der Waals surface area contributed by atoms with Crippen molar-refractivity contribution in [2.45, 2.75) is 20.8 Å². The van der Waals surface area contributed by atoms with Crippen LogP contribution in [0.25, 0.3) is 0 Å². The number of carbonyl (C=O) groups excluding carboxylic acids is 1. The topological polar surface area (TPSA) is 41.6 Å². The second-order valence-electron chi connectivity index (χ2n) is 9.54. The third-order valence-electron chi connectivity index (χ3n) is 6.07. The number of benzene rings is 3. The predicted molar refractivity (Wildman–Crippen MR) is 159 cm³/mol. The van der Waals surface area contributed by atoms with E-state index < -0.39 is 12.7 Å². The molecule has 4 rings (SSSR count). The highest BCUT2D eigenvalue weighted by Crippen LogP contribution is 2.61. The van der Waals surface area contributed by atoms with Crippen LogP contribution in [0.1, 0.15) is 20.8 Å². The molecule has 1 saturated heterocycles. The van der Waals surface area contributed by atoms with Gasteiger partial charge in [-0.05, 0) is 36.4 Å². The summed E-state index contributed by atoms with van der Waals surface area (Å²) >= 11 is 0. The van der Waals surface area contributed by atoms with Crippen molar-refractivity contribution in [2.75, 3.05) is 26.3 Å². The zero-order valence-electron chi connectivity index (χ0n) is 20.7. The highest BCUT2D eigenvalue weighted by molar-refractivity contribution is 14.0. The van der Waals surface area contributed by atoms with E-state index >= 15 is 0 Å². The minimum absolute atomic E-state index is 0. The van der Waals surface area contributed by atoms with Gasteiger partial charge < -0.3 is 9.64 Å². The van der Waals surface area contributed by atoms with Gasteiger partial charge in [0.2, 0.25) is 5.91 Å². The van der Waals surface area contributed by atoms with Crippen LogP contribution in [-0.2, 0) is 9.53 Å². The van der Waals surface area contributed by atoms with Crippen LogP contribution in [-0.4, -0.2) is 37.1 Å². The van der Waals surface area contributed by atoms with Gasteiger partial charge in [0.1, 0.15) is 15.9 Å². The van der Waals surface area contributed by atoms with Gasteiger partial charge in [-0.15, -0.1) is 24.0 Å². The van der Waals surface area contributed by atoms with Crippen molar-refractivity contribution in [3.05, 3.63) is 103 Å². The lowest BCUT2D eigenvalue weighted by atomic mass is 9.96. The molecule has 3 aromatic rings. The molecule has 0 bridgehead atoms. The van der Waals surface area contributed by atoms with Crippen molar-refractivity contribution in [3.8, 4) is 0 Å². The average Bonchev–Trinajstić information content (AvgIpc) is 2.86. The first-order chi connectivity index (χ1) is 16.4. The maximum Gasteiger partial charge on any atom is 0.232 e. The molecule has 0 unspecified atom stereocenters. The zero-order chi connectivity index (χ0) is 24.0. The van der Waals surface area contributed by atoms with Gasteiger partial charge in [0, 0.05) is 18.5 Å². The third kappa shape index (κ3) is 6.14. The van der Waals surface area contributed by atoms with E-state index in [9.17, 15) is 4.79 Å². The number of hydrogen-bond donors (Lipinski definition) is 1. The smallest absolute Gasteiger partial charge is 0.232 e. The summed E-state index contributed by atoms with van der Waals surface area (Å²) in [5.74, 6) is 0.0131. The highest BCUT2D eigenvalue weighted by Gasteiger charge is 2.51. The maximum absolute atomic E-state index is 13.5. The Morgan fingerprint density at radius 1 is 0.800 bits per heavy atom. The van der Waals surface area contributed by atoms with Crippen molar-refractivity contribution in [2.24, 2.45) is 5.41 Å². The third-order valence-corrected chi connectivity index (χ3v) is 10.2. The molecule has 3 aromatic carbocycles. The molecule has 184 valence electrons. The molecule has 0 saturated carbocycles. The molecule has 0 aliphatic carbocycles. The molecule has 0 aromatic heterocycles. The quantitative estimate of drug-likeness (QED) is 0.323. The summed E-state index contributed by atoms with van der Waals surface area (Å²) in [6.07, 6.45) is 2.19.